The van der Waals surface area contributed by atoms with Crippen molar-refractivity contribution in [2.45, 2.75) is 50.3 Å². The van der Waals surface area contributed by atoms with Crippen LogP contribution in [0.2, 0.25) is 0 Å². The van der Waals surface area contributed by atoms with Crippen molar-refractivity contribution in [2.75, 3.05) is 12.8 Å². The molecular weight excluding hydrogens is 296 g/mol. The van der Waals surface area contributed by atoms with Gasteiger partial charge in [0.15, 0.2) is 0 Å². The number of nitrogens with one attached hydrogen (secondary N) is 2. The van der Waals surface area contributed by atoms with E-state index in [4.69, 9.17) is 0 Å². The first-order valence-corrected chi connectivity index (χ1v) is 9.43. The van der Waals surface area contributed by atoms with Gasteiger partial charge < -0.3 is 10.6 Å². The zero-order valence-corrected chi connectivity index (χ0v) is 14.5. The number of urea groups is 1. The quantitative estimate of drug-likeness (QED) is 0.846. The summed E-state index contributed by atoms with van der Waals surface area (Å²) < 4.78 is 11.6. The van der Waals surface area contributed by atoms with Crippen molar-refractivity contribution in [3.63, 3.8) is 0 Å². The van der Waals surface area contributed by atoms with E-state index in [0.717, 1.165) is 24.8 Å². The molecule has 1 aromatic carbocycles. The highest BCUT2D eigenvalue weighted by atomic mass is 32.2. The summed E-state index contributed by atoms with van der Waals surface area (Å²) in [5.41, 5.74) is 2.37. The third-order valence-electron chi connectivity index (χ3n) is 4.52. The van der Waals surface area contributed by atoms with E-state index < -0.39 is 10.8 Å². The predicted octanol–water partition coefficient (Wildman–Crippen LogP) is 2.91. The molecule has 1 atom stereocenters. The molecule has 122 valence electrons. The lowest BCUT2D eigenvalue weighted by atomic mass is 9.84. The molecule has 5 heteroatoms. The van der Waals surface area contributed by atoms with E-state index in [-0.39, 0.29) is 10.8 Å². The van der Waals surface area contributed by atoms with Crippen LogP contribution < -0.4 is 10.6 Å². The Morgan fingerprint density at radius 1 is 1.32 bits per heavy atom. The van der Waals surface area contributed by atoms with Gasteiger partial charge >= 0.3 is 6.03 Å². The van der Waals surface area contributed by atoms with E-state index in [9.17, 15) is 9.00 Å². The minimum Gasteiger partial charge on any atom is -0.337 e. The maximum atomic E-state index is 11.9. The third-order valence-corrected chi connectivity index (χ3v) is 6.29. The molecule has 4 nitrogen and oxygen atoms in total. The molecule has 1 aliphatic carbocycles. The van der Waals surface area contributed by atoms with Crippen LogP contribution in [0.4, 0.5) is 4.79 Å². The number of amides is 2. The van der Waals surface area contributed by atoms with Gasteiger partial charge in [-0.25, -0.2) is 4.79 Å². The Morgan fingerprint density at radius 3 is 2.59 bits per heavy atom. The van der Waals surface area contributed by atoms with Crippen LogP contribution in [0.1, 0.15) is 50.2 Å². The first-order chi connectivity index (χ1) is 10.4. The molecule has 2 amide bonds. The van der Waals surface area contributed by atoms with Crippen LogP contribution in [-0.4, -0.2) is 27.8 Å². The zero-order valence-electron chi connectivity index (χ0n) is 13.6. The van der Waals surface area contributed by atoms with Gasteiger partial charge in [0.2, 0.25) is 0 Å². The fraction of sp³-hybridized carbons (Fsp3) is 0.588. The van der Waals surface area contributed by atoms with Gasteiger partial charge in [0.1, 0.15) is 0 Å². The molecule has 1 aliphatic rings. The molecule has 0 aliphatic heterocycles. The van der Waals surface area contributed by atoms with Crippen LogP contribution >= 0.6 is 0 Å². The summed E-state index contributed by atoms with van der Waals surface area (Å²) in [5.74, 6) is 0.479. The molecule has 1 aromatic rings. The molecule has 1 saturated carbocycles. The Hall–Kier alpha value is -1.36. The first kappa shape index (κ1) is 17.0. The number of hydrogen-bond acceptors (Lipinski definition) is 2. The molecule has 2 rings (SSSR count). The van der Waals surface area contributed by atoms with Crippen LogP contribution in [0.5, 0.6) is 0 Å². The number of hydrogen-bond donors (Lipinski definition) is 2. The van der Waals surface area contributed by atoms with Gasteiger partial charge in [-0.15, -0.1) is 0 Å². The second-order valence-corrected chi connectivity index (χ2v) is 8.20. The van der Waals surface area contributed by atoms with Crippen molar-refractivity contribution in [1.29, 1.82) is 0 Å². The molecule has 0 aromatic heterocycles. The van der Waals surface area contributed by atoms with Crippen LogP contribution in [0, 0.1) is 0 Å². The molecule has 0 radical (unpaired) electrons. The Labute approximate surface area is 135 Å². The number of carbonyl (C=O) groups is 1. The fourth-order valence-electron chi connectivity index (χ4n) is 2.69. The Balaban J connectivity index is 1.80. The second kappa shape index (κ2) is 7.27. The summed E-state index contributed by atoms with van der Waals surface area (Å²) >= 11 is 0. The highest BCUT2D eigenvalue weighted by Gasteiger charge is 2.40. The number of benzene rings is 1. The van der Waals surface area contributed by atoms with Crippen molar-refractivity contribution in [1.82, 2.24) is 10.6 Å². The molecule has 0 spiro atoms. The van der Waals surface area contributed by atoms with Crippen molar-refractivity contribution in [3.05, 3.63) is 35.4 Å². The lowest BCUT2D eigenvalue weighted by Gasteiger charge is -2.39. The lowest BCUT2D eigenvalue weighted by Crippen LogP contribution is -2.52. The first-order valence-electron chi connectivity index (χ1n) is 7.87. The van der Waals surface area contributed by atoms with Gasteiger partial charge in [-0.05, 0) is 29.9 Å². The van der Waals surface area contributed by atoms with Gasteiger partial charge in [0, 0.05) is 30.1 Å². The summed E-state index contributed by atoms with van der Waals surface area (Å²) in [6.45, 7) is 5.31. The van der Waals surface area contributed by atoms with Gasteiger partial charge in [-0.1, -0.05) is 44.5 Å². The minimum absolute atomic E-state index is 0.188. The summed E-state index contributed by atoms with van der Waals surface area (Å²) in [6.07, 6.45) is 4.71. The highest BCUT2D eigenvalue weighted by Crippen LogP contribution is 2.36. The topological polar surface area (TPSA) is 58.2 Å². The zero-order chi connectivity index (χ0) is 16.2. The molecule has 1 unspecified atom stereocenters. The van der Waals surface area contributed by atoms with E-state index in [1.54, 1.807) is 6.26 Å². The van der Waals surface area contributed by atoms with E-state index in [1.807, 2.05) is 12.1 Å². The molecule has 0 bridgehead atoms. The van der Waals surface area contributed by atoms with Gasteiger partial charge in [0.05, 0.1) is 4.75 Å². The molecule has 1 fully saturated rings. The summed E-state index contributed by atoms with van der Waals surface area (Å²) in [7, 11) is -0.889. The van der Waals surface area contributed by atoms with Gasteiger partial charge in [0.25, 0.3) is 0 Å². The third kappa shape index (κ3) is 4.09. The molecule has 0 saturated heterocycles. The average Bonchev–Trinajstić information content (AvgIpc) is 2.44. The van der Waals surface area contributed by atoms with Gasteiger partial charge in [-0.3, -0.25) is 4.21 Å². The molecule has 2 N–H and O–H groups in total. The van der Waals surface area contributed by atoms with E-state index in [0.29, 0.717) is 19.0 Å². The summed E-state index contributed by atoms with van der Waals surface area (Å²) in [6, 6.07) is 8.07. The van der Waals surface area contributed by atoms with Crippen LogP contribution in [0.3, 0.4) is 0 Å². The van der Waals surface area contributed by atoms with Crippen LogP contribution in [0.25, 0.3) is 0 Å². The van der Waals surface area contributed by atoms with Gasteiger partial charge in [-0.2, -0.15) is 0 Å². The maximum Gasteiger partial charge on any atom is 0.315 e. The largest absolute Gasteiger partial charge is 0.337 e. The molecule has 0 heterocycles. The second-order valence-electron chi connectivity index (χ2n) is 6.43. The monoisotopic (exact) mass is 322 g/mol. The highest BCUT2D eigenvalue weighted by molar-refractivity contribution is 7.85. The standard InChI is InChI=1S/C17H26N2O2S/c1-13(2)15-7-4-6-14(10-15)11-18-16(20)19-12-17(22(3)21)8-5-9-17/h4,6-7,10,13H,5,8-9,11-12H2,1-3H3,(H2,18,19,20). The van der Waals surface area contributed by atoms with E-state index in [1.165, 1.54) is 5.56 Å². The number of carbonyl (C=O) groups excluding carboxylic acids is 1. The smallest absolute Gasteiger partial charge is 0.315 e. The normalized spacial score (nSPS) is 17.6. The van der Waals surface area contributed by atoms with Crippen molar-refractivity contribution in [3.8, 4) is 0 Å². The van der Waals surface area contributed by atoms with Crippen LogP contribution in [0.15, 0.2) is 24.3 Å². The maximum absolute atomic E-state index is 11.9. The van der Waals surface area contributed by atoms with Crippen LogP contribution in [-0.2, 0) is 17.3 Å². The predicted molar refractivity (Wildman–Crippen MR) is 91.4 cm³/mol. The molecule has 22 heavy (non-hydrogen) atoms. The Kier molecular flexibility index (Phi) is 5.62. The summed E-state index contributed by atoms with van der Waals surface area (Å²) in [5, 5.41) is 5.75. The van der Waals surface area contributed by atoms with E-state index in [2.05, 4.69) is 36.6 Å². The summed E-state index contributed by atoms with van der Waals surface area (Å²) in [4.78, 5) is 11.9. The Morgan fingerprint density at radius 2 is 2.05 bits per heavy atom. The van der Waals surface area contributed by atoms with E-state index >= 15 is 0 Å². The van der Waals surface area contributed by atoms with Crippen molar-refractivity contribution < 1.29 is 9.00 Å². The minimum atomic E-state index is -0.889. The lowest BCUT2D eigenvalue weighted by molar-refractivity contribution is 0.235. The SMILES string of the molecule is CC(C)c1cccc(CNC(=O)NCC2(S(C)=O)CCC2)c1. The average molecular weight is 322 g/mol. The fourth-order valence-corrected chi connectivity index (χ4v) is 3.82. The van der Waals surface area contributed by atoms with Crippen molar-refractivity contribution >= 4 is 16.8 Å². The molecular formula is C17H26N2O2S. The van der Waals surface area contributed by atoms with Crippen molar-refractivity contribution in [2.24, 2.45) is 0 Å². The number of rotatable bonds is 6. The Bertz CT molecular complexity index is 553.